The van der Waals surface area contributed by atoms with Crippen molar-refractivity contribution >= 4 is 5.97 Å². The Kier molecular flexibility index (Phi) is 4.06. The van der Waals surface area contributed by atoms with Crippen molar-refractivity contribution in [3.05, 3.63) is 18.4 Å². The summed E-state index contributed by atoms with van der Waals surface area (Å²) in [4.78, 5) is 15.4. The van der Waals surface area contributed by atoms with E-state index in [1.54, 1.807) is 13.1 Å². The van der Waals surface area contributed by atoms with Gasteiger partial charge in [-0.15, -0.1) is 0 Å². The molecule has 1 N–H and O–H groups in total. The molecule has 0 aliphatic carbocycles. The number of carbonyl (C=O) groups is 1. The van der Waals surface area contributed by atoms with Gasteiger partial charge in [-0.25, -0.2) is 4.98 Å². The standard InChI is InChI=1S/C11H18N2O3/c1-8(10(14)16-11(2,3)4)13-6-9-5-12-7-15-9/h5,7-8,13H,6H2,1-4H3/t8-/m0/s1. The number of esters is 1. The summed E-state index contributed by atoms with van der Waals surface area (Å²) in [6.45, 7) is 7.74. The summed E-state index contributed by atoms with van der Waals surface area (Å²) in [6.07, 6.45) is 2.96. The number of hydrogen-bond donors (Lipinski definition) is 1. The Bertz CT molecular complexity index is 327. The molecular formula is C11H18N2O3. The average Bonchev–Trinajstić information content (AvgIpc) is 2.63. The van der Waals surface area contributed by atoms with E-state index in [1.165, 1.54) is 6.39 Å². The lowest BCUT2D eigenvalue weighted by Gasteiger charge is -2.22. The Morgan fingerprint density at radius 2 is 2.31 bits per heavy atom. The third-order valence-corrected chi connectivity index (χ3v) is 1.83. The van der Waals surface area contributed by atoms with Gasteiger partial charge >= 0.3 is 5.97 Å². The predicted octanol–water partition coefficient (Wildman–Crippen LogP) is 1.49. The first-order chi connectivity index (χ1) is 7.38. The number of oxazole rings is 1. The second-order valence-corrected chi connectivity index (χ2v) is 4.60. The van der Waals surface area contributed by atoms with Crippen LogP contribution < -0.4 is 5.32 Å². The van der Waals surface area contributed by atoms with E-state index < -0.39 is 5.60 Å². The molecule has 0 aliphatic rings. The summed E-state index contributed by atoms with van der Waals surface area (Å²) in [6, 6.07) is -0.371. The van der Waals surface area contributed by atoms with Gasteiger partial charge in [0.25, 0.3) is 0 Å². The minimum Gasteiger partial charge on any atom is -0.459 e. The van der Waals surface area contributed by atoms with Crippen LogP contribution in [-0.4, -0.2) is 22.6 Å². The third-order valence-electron chi connectivity index (χ3n) is 1.83. The lowest BCUT2D eigenvalue weighted by atomic mass is 10.2. The zero-order valence-electron chi connectivity index (χ0n) is 10.1. The Labute approximate surface area is 95.2 Å². The molecule has 0 aromatic carbocycles. The summed E-state index contributed by atoms with van der Waals surface area (Å²) >= 11 is 0. The Hall–Kier alpha value is -1.36. The molecule has 16 heavy (non-hydrogen) atoms. The van der Waals surface area contributed by atoms with Crippen molar-refractivity contribution in [3.8, 4) is 0 Å². The topological polar surface area (TPSA) is 64.4 Å². The van der Waals surface area contributed by atoms with E-state index in [4.69, 9.17) is 9.15 Å². The fourth-order valence-electron chi connectivity index (χ4n) is 1.06. The SMILES string of the molecule is C[C@H](NCc1cnco1)C(=O)OC(C)(C)C. The van der Waals surface area contributed by atoms with E-state index in [0.717, 1.165) is 0 Å². The Balaban J connectivity index is 2.35. The van der Waals surface area contributed by atoms with E-state index in [1.807, 2.05) is 20.8 Å². The van der Waals surface area contributed by atoms with Gasteiger partial charge in [-0.1, -0.05) is 0 Å². The molecule has 0 saturated heterocycles. The monoisotopic (exact) mass is 226 g/mol. The van der Waals surface area contributed by atoms with Gasteiger partial charge in [-0.3, -0.25) is 10.1 Å². The maximum atomic E-state index is 11.6. The van der Waals surface area contributed by atoms with Crippen molar-refractivity contribution in [3.63, 3.8) is 0 Å². The van der Waals surface area contributed by atoms with Crippen LogP contribution in [0.2, 0.25) is 0 Å². The van der Waals surface area contributed by atoms with E-state index in [2.05, 4.69) is 10.3 Å². The molecule has 1 heterocycles. The van der Waals surface area contributed by atoms with Crippen LogP contribution in [0.3, 0.4) is 0 Å². The second-order valence-electron chi connectivity index (χ2n) is 4.60. The van der Waals surface area contributed by atoms with E-state index in [0.29, 0.717) is 12.3 Å². The molecule has 0 fully saturated rings. The van der Waals surface area contributed by atoms with Gasteiger partial charge in [0.05, 0.1) is 12.7 Å². The van der Waals surface area contributed by atoms with Crippen LogP contribution in [-0.2, 0) is 16.1 Å². The van der Waals surface area contributed by atoms with Gasteiger partial charge in [0.2, 0.25) is 0 Å². The maximum Gasteiger partial charge on any atom is 0.323 e. The molecule has 0 amide bonds. The third kappa shape index (κ3) is 4.44. The van der Waals surface area contributed by atoms with Crippen molar-refractivity contribution in [2.24, 2.45) is 0 Å². The lowest BCUT2D eigenvalue weighted by Crippen LogP contribution is -2.38. The molecule has 1 rings (SSSR count). The zero-order valence-corrected chi connectivity index (χ0v) is 10.1. The van der Waals surface area contributed by atoms with Crippen molar-refractivity contribution in [2.75, 3.05) is 0 Å². The normalized spacial score (nSPS) is 13.5. The number of nitrogens with one attached hydrogen (secondary N) is 1. The quantitative estimate of drug-likeness (QED) is 0.788. The van der Waals surface area contributed by atoms with Crippen LogP contribution in [0.5, 0.6) is 0 Å². The molecule has 5 nitrogen and oxygen atoms in total. The number of nitrogens with zero attached hydrogens (tertiary/aromatic N) is 1. The van der Waals surface area contributed by atoms with Gasteiger partial charge in [-0.05, 0) is 27.7 Å². The fourth-order valence-corrected chi connectivity index (χ4v) is 1.06. The first-order valence-corrected chi connectivity index (χ1v) is 5.22. The summed E-state index contributed by atoms with van der Waals surface area (Å²) in [5, 5.41) is 3.00. The van der Waals surface area contributed by atoms with E-state index in [9.17, 15) is 4.79 Å². The van der Waals surface area contributed by atoms with Crippen molar-refractivity contribution < 1.29 is 13.9 Å². The molecule has 0 spiro atoms. The number of carbonyl (C=O) groups excluding carboxylic acids is 1. The highest BCUT2D eigenvalue weighted by atomic mass is 16.6. The summed E-state index contributed by atoms with van der Waals surface area (Å²) in [5.74, 6) is 0.419. The predicted molar refractivity (Wildman–Crippen MR) is 58.6 cm³/mol. The van der Waals surface area contributed by atoms with Crippen molar-refractivity contribution in [1.29, 1.82) is 0 Å². The molecule has 0 unspecified atom stereocenters. The zero-order chi connectivity index (χ0) is 12.2. The fraction of sp³-hybridized carbons (Fsp3) is 0.636. The molecule has 0 saturated carbocycles. The highest BCUT2D eigenvalue weighted by Crippen LogP contribution is 2.08. The van der Waals surface area contributed by atoms with Crippen LogP contribution in [0.15, 0.2) is 17.0 Å². The van der Waals surface area contributed by atoms with E-state index >= 15 is 0 Å². The van der Waals surface area contributed by atoms with Crippen LogP contribution in [0.1, 0.15) is 33.5 Å². The number of hydrogen-bond acceptors (Lipinski definition) is 5. The van der Waals surface area contributed by atoms with Crippen molar-refractivity contribution in [2.45, 2.75) is 45.9 Å². The smallest absolute Gasteiger partial charge is 0.323 e. The van der Waals surface area contributed by atoms with Crippen molar-refractivity contribution in [1.82, 2.24) is 10.3 Å². The second kappa shape index (κ2) is 5.12. The van der Waals surface area contributed by atoms with E-state index in [-0.39, 0.29) is 12.0 Å². The highest BCUT2D eigenvalue weighted by Gasteiger charge is 2.21. The molecule has 1 aromatic rings. The largest absolute Gasteiger partial charge is 0.459 e. The molecule has 5 heteroatoms. The molecular weight excluding hydrogens is 208 g/mol. The first kappa shape index (κ1) is 12.7. The van der Waals surface area contributed by atoms with Crippen LogP contribution >= 0.6 is 0 Å². The molecule has 90 valence electrons. The minimum absolute atomic E-state index is 0.271. The molecule has 0 bridgehead atoms. The van der Waals surface area contributed by atoms with Crippen LogP contribution in [0, 0.1) is 0 Å². The summed E-state index contributed by atoms with van der Waals surface area (Å²) in [7, 11) is 0. The molecule has 1 aromatic heterocycles. The molecule has 0 aliphatic heterocycles. The number of rotatable bonds is 4. The van der Waals surface area contributed by atoms with Gasteiger partial charge in [0.1, 0.15) is 17.4 Å². The maximum absolute atomic E-state index is 11.6. The first-order valence-electron chi connectivity index (χ1n) is 5.22. The molecule has 1 atom stereocenters. The summed E-state index contributed by atoms with van der Waals surface area (Å²) in [5.41, 5.74) is -0.459. The van der Waals surface area contributed by atoms with Gasteiger partial charge in [0, 0.05) is 0 Å². The lowest BCUT2D eigenvalue weighted by molar-refractivity contribution is -0.157. The van der Waals surface area contributed by atoms with Gasteiger partial charge in [0.15, 0.2) is 6.39 Å². The summed E-state index contributed by atoms with van der Waals surface area (Å²) < 4.78 is 10.3. The Morgan fingerprint density at radius 1 is 1.62 bits per heavy atom. The number of aromatic nitrogens is 1. The average molecular weight is 226 g/mol. The molecule has 0 radical (unpaired) electrons. The highest BCUT2D eigenvalue weighted by molar-refractivity contribution is 5.75. The Morgan fingerprint density at radius 3 is 2.81 bits per heavy atom. The number of ether oxygens (including phenoxy) is 1. The van der Waals surface area contributed by atoms with Gasteiger partial charge < -0.3 is 9.15 Å². The van der Waals surface area contributed by atoms with Crippen LogP contribution in [0.25, 0.3) is 0 Å². The van der Waals surface area contributed by atoms with Crippen LogP contribution in [0.4, 0.5) is 0 Å². The minimum atomic E-state index is -0.459. The van der Waals surface area contributed by atoms with Gasteiger partial charge in [-0.2, -0.15) is 0 Å².